The maximum atomic E-state index is 12.9. The van der Waals surface area contributed by atoms with Crippen molar-refractivity contribution in [3.63, 3.8) is 0 Å². The SMILES string of the molecule is Cc1cccc(-c2nnc3s/c(=C\c4ccc(C(C)C)cc4)c(=O)n23)c1. The monoisotopic (exact) mass is 361 g/mol. The minimum absolute atomic E-state index is 0.0700. The topological polar surface area (TPSA) is 47.3 Å². The third-order valence-corrected chi connectivity index (χ3v) is 5.38. The molecule has 2 heterocycles. The largest absolute Gasteiger partial charge is 0.276 e. The number of rotatable bonds is 3. The van der Waals surface area contributed by atoms with E-state index in [1.54, 1.807) is 4.40 Å². The summed E-state index contributed by atoms with van der Waals surface area (Å²) in [5.41, 5.74) is 4.26. The van der Waals surface area contributed by atoms with Gasteiger partial charge in [-0.25, -0.2) is 4.40 Å². The summed E-state index contributed by atoms with van der Waals surface area (Å²) in [5, 5.41) is 8.41. The Morgan fingerprint density at radius 1 is 1.08 bits per heavy atom. The van der Waals surface area contributed by atoms with E-state index in [9.17, 15) is 4.79 Å². The van der Waals surface area contributed by atoms with E-state index in [-0.39, 0.29) is 5.56 Å². The Kier molecular flexibility index (Phi) is 4.17. The first-order valence-corrected chi connectivity index (χ1v) is 9.41. The number of nitrogens with zero attached hydrogens (tertiary/aromatic N) is 3. The van der Waals surface area contributed by atoms with Crippen molar-refractivity contribution in [2.24, 2.45) is 0 Å². The number of benzene rings is 2. The van der Waals surface area contributed by atoms with E-state index in [1.165, 1.54) is 16.9 Å². The zero-order valence-electron chi connectivity index (χ0n) is 14.9. The molecule has 0 N–H and O–H groups in total. The second kappa shape index (κ2) is 6.50. The van der Waals surface area contributed by atoms with Crippen LogP contribution < -0.4 is 10.1 Å². The summed E-state index contributed by atoms with van der Waals surface area (Å²) in [7, 11) is 0. The Morgan fingerprint density at radius 3 is 2.54 bits per heavy atom. The van der Waals surface area contributed by atoms with E-state index in [1.807, 2.05) is 37.3 Å². The molecule has 2 aromatic carbocycles. The molecule has 4 rings (SSSR count). The van der Waals surface area contributed by atoms with Gasteiger partial charge in [-0.3, -0.25) is 4.79 Å². The molecular formula is C21H19N3OS. The van der Waals surface area contributed by atoms with Gasteiger partial charge < -0.3 is 0 Å². The highest BCUT2D eigenvalue weighted by atomic mass is 32.1. The molecule has 5 heteroatoms. The van der Waals surface area contributed by atoms with Gasteiger partial charge in [-0.15, -0.1) is 10.2 Å². The fourth-order valence-electron chi connectivity index (χ4n) is 2.96. The Bertz CT molecular complexity index is 1190. The maximum absolute atomic E-state index is 12.9. The first kappa shape index (κ1) is 16.7. The fourth-order valence-corrected chi connectivity index (χ4v) is 3.87. The molecule has 0 saturated heterocycles. The number of hydrogen-bond donors (Lipinski definition) is 0. The van der Waals surface area contributed by atoms with Gasteiger partial charge in [0, 0.05) is 5.56 Å². The molecule has 0 unspecified atom stereocenters. The van der Waals surface area contributed by atoms with E-state index in [4.69, 9.17) is 0 Å². The van der Waals surface area contributed by atoms with Crippen LogP contribution in [0.3, 0.4) is 0 Å². The quantitative estimate of drug-likeness (QED) is 0.558. The zero-order valence-corrected chi connectivity index (χ0v) is 15.7. The second-order valence-corrected chi connectivity index (χ2v) is 7.76. The van der Waals surface area contributed by atoms with E-state index in [0.717, 1.165) is 16.7 Å². The van der Waals surface area contributed by atoms with Crippen LogP contribution in [-0.2, 0) is 0 Å². The van der Waals surface area contributed by atoms with Crippen LogP contribution in [0, 0.1) is 6.92 Å². The van der Waals surface area contributed by atoms with Crippen LogP contribution in [0.4, 0.5) is 0 Å². The van der Waals surface area contributed by atoms with Crippen molar-refractivity contribution in [3.05, 3.63) is 80.1 Å². The van der Waals surface area contributed by atoms with Crippen molar-refractivity contribution >= 4 is 22.4 Å². The second-order valence-electron chi connectivity index (χ2n) is 6.75. The van der Waals surface area contributed by atoms with Gasteiger partial charge in [0.2, 0.25) is 4.96 Å². The molecule has 0 atom stereocenters. The average molecular weight is 361 g/mol. The van der Waals surface area contributed by atoms with Gasteiger partial charge >= 0.3 is 0 Å². The molecule has 0 fully saturated rings. The molecule has 4 aromatic rings. The highest BCUT2D eigenvalue weighted by Crippen LogP contribution is 2.19. The fraction of sp³-hybridized carbons (Fsp3) is 0.190. The normalized spacial score (nSPS) is 12.4. The summed E-state index contributed by atoms with van der Waals surface area (Å²) in [6, 6.07) is 16.3. The Balaban J connectivity index is 1.83. The molecule has 0 spiro atoms. The predicted octanol–water partition coefficient (Wildman–Crippen LogP) is 3.80. The number of aromatic nitrogens is 3. The maximum Gasteiger partial charge on any atom is 0.276 e. The summed E-state index contributed by atoms with van der Waals surface area (Å²) >= 11 is 1.37. The van der Waals surface area contributed by atoms with Crippen molar-refractivity contribution in [1.82, 2.24) is 14.6 Å². The summed E-state index contributed by atoms with van der Waals surface area (Å²) in [6.07, 6.45) is 1.92. The summed E-state index contributed by atoms with van der Waals surface area (Å²) in [5.74, 6) is 1.09. The van der Waals surface area contributed by atoms with Crippen LogP contribution in [0.5, 0.6) is 0 Å². The molecule has 2 aromatic heterocycles. The van der Waals surface area contributed by atoms with Gasteiger partial charge in [0.05, 0.1) is 4.53 Å². The average Bonchev–Trinajstić information content (AvgIpc) is 3.16. The Hall–Kier alpha value is -2.79. The molecule has 0 aliphatic heterocycles. The number of thiazole rings is 1. The lowest BCUT2D eigenvalue weighted by Crippen LogP contribution is -2.23. The number of fused-ring (bicyclic) bond motifs is 1. The summed E-state index contributed by atoms with van der Waals surface area (Å²) in [4.78, 5) is 13.5. The summed E-state index contributed by atoms with van der Waals surface area (Å²) in [6.45, 7) is 6.36. The van der Waals surface area contributed by atoms with Gasteiger partial charge in [0.1, 0.15) is 0 Å². The van der Waals surface area contributed by atoms with Gasteiger partial charge in [-0.05, 0) is 36.1 Å². The third-order valence-electron chi connectivity index (χ3n) is 4.43. The minimum atomic E-state index is -0.0700. The third kappa shape index (κ3) is 2.95. The van der Waals surface area contributed by atoms with Gasteiger partial charge in [-0.2, -0.15) is 0 Å². The molecule has 130 valence electrons. The van der Waals surface area contributed by atoms with Crippen molar-refractivity contribution in [2.75, 3.05) is 0 Å². The first-order chi connectivity index (χ1) is 12.5. The van der Waals surface area contributed by atoms with Gasteiger partial charge in [0.25, 0.3) is 5.56 Å². The smallest absolute Gasteiger partial charge is 0.267 e. The molecule has 0 amide bonds. The van der Waals surface area contributed by atoms with E-state index >= 15 is 0 Å². The summed E-state index contributed by atoms with van der Waals surface area (Å²) < 4.78 is 2.27. The van der Waals surface area contributed by atoms with Gasteiger partial charge in [-0.1, -0.05) is 73.2 Å². The van der Waals surface area contributed by atoms with Crippen LogP contribution in [0.25, 0.3) is 22.4 Å². The lowest BCUT2D eigenvalue weighted by molar-refractivity contribution is 0.866. The predicted molar refractivity (Wildman–Crippen MR) is 107 cm³/mol. The molecular weight excluding hydrogens is 342 g/mol. The zero-order chi connectivity index (χ0) is 18.3. The standard InChI is InChI=1S/C21H19N3OS/c1-13(2)16-9-7-15(8-10-16)12-18-20(25)24-19(22-23-21(24)26-18)17-6-4-5-14(3)11-17/h4-13H,1-3H3/b18-12-. The molecule has 0 aliphatic rings. The lowest BCUT2D eigenvalue weighted by atomic mass is 10.0. The number of hydrogen-bond acceptors (Lipinski definition) is 4. The Labute approximate surface area is 155 Å². The van der Waals surface area contributed by atoms with Crippen LogP contribution in [-0.4, -0.2) is 14.6 Å². The molecule has 0 bridgehead atoms. The first-order valence-electron chi connectivity index (χ1n) is 8.59. The molecule has 4 nitrogen and oxygen atoms in total. The lowest BCUT2D eigenvalue weighted by Gasteiger charge is -2.04. The van der Waals surface area contributed by atoms with Crippen LogP contribution in [0.15, 0.2) is 53.3 Å². The van der Waals surface area contributed by atoms with E-state index < -0.39 is 0 Å². The van der Waals surface area contributed by atoms with Crippen molar-refractivity contribution in [1.29, 1.82) is 0 Å². The molecule has 0 saturated carbocycles. The van der Waals surface area contributed by atoms with Gasteiger partial charge in [0.15, 0.2) is 5.82 Å². The van der Waals surface area contributed by atoms with E-state index in [0.29, 0.717) is 21.2 Å². The van der Waals surface area contributed by atoms with Crippen LogP contribution >= 0.6 is 11.3 Å². The number of aryl methyl sites for hydroxylation is 1. The van der Waals surface area contributed by atoms with E-state index in [2.05, 4.69) is 48.3 Å². The molecule has 0 aliphatic carbocycles. The minimum Gasteiger partial charge on any atom is -0.267 e. The van der Waals surface area contributed by atoms with Crippen LogP contribution in [0.1, 0.15) is 36.5 Å². The molecule has 0 radical (unpaired) electrons. The highest BCUT2D eigenvalue weighted by molar-refractivity contribution is 7.15. The highest BCUT2D eigenvalue weighted by Gasteiger charge is 2.14. The van der Waals surface area contributed by atoms with Crippen molar-refractivity contribution in [3.8, 4) is 11.4 Å². The Morgan fingerprint density at radius 2 is 1.85 bits per heavy atom. The van der Waals surface area contributed by atoms with Crippen molar-refractivity contribution in [2.45, 2.75) is 26.7 Å². The molecule has 26 heavy (non-hydrogen) atoms. The van der Waals surface area contributed by atoms with Crippen molar-refractivity contribution < 1.29 is 0 Å². The van der Waals surface area contributed by atoms with Crippen LogP contribution in [0.2, 0.25) is 0 Å².